The van der Waals surface area contributed by atoms with E-state index in [-0.39, 0.29) is 5.56 Å². The van der Waals surface area contributed by atoms with E-state index < -0.39 is 0 Å². The molecular weight excluding hydrogens is 212 g/mol. The molecule has 90 valence electrons. The van der Waals surface area contributed by atoms with Crippen LogP contribution in [0.1, 0.15) is 23.1 Å². The second kappa shape index (κ2) is 4.72. The number of benzene rings is 1. The Balaban J connectivity index is 2.55. The lowest BCUT2D eigenvalue weighted by molar-refractivity contribution is 0.824. The number of nitrogens with two attached hydrogens (primary N) is 1. The molecule has 0 fully saturated rings. The van der Waals surface area contributed by atoms with Crippen LogP contribution >= 0.6 is 0 Å². The van der Waals surface area contributed by atoms with Crippen LogP contribution in [-0.2, 0) is 6.42 Å². The molecule has 0 radical (unpaired) electrons. The summed E-state index contributed by atoms with van der Waals surface area (Å²) < 4.78 is 0. The molecule has 1 heterocycles. The third kappa shape index (κ3) is 2.39. The maximum atomic E-state index is 11.8. The first-order valence-corrected chi connectivity index (χ1v) is 5.95. The fourth-order valence-electron chi connectivity index (χ4n) is 2.00. The van der Waals surface area contributed by atoms with Gasteiger partial charge >= 0.3 is 0 Å². The first-order valence-electron chi connectivity index (χ1n) is 5.95. The molecule has 2 rings (SSSR count). The Labute approximate surface area is 101 Å². The van der Waals surface area contributed by atoms with Crippen molar-refractivity contribution in [1.29, 1.82) is 0 Å². The summed E-state index contributed by atoms with van der Waals surface area (Å²) >= 11 is 0. The zero-order valence-corrected chi connectivity index (χ0v) is 10.3. The molecule has 0 aliphatic heterocycles. The highest BCUT2D eigenvalue weighted by Crippen LogP contribution is 2.17. The van der Waals surface area contributed by atoms with Crippen molar-refractivity contribution in [2.24, 2.45) is 5.73 Å². The van der Waals surface area contributed by atoms with Crippen LogP contribution in [0.15, 0.2) is 23.0 Å². The molecule has 3 heteroatoms. The Hall–Kier alpha value is -1.61. The van der Waals surface area contributed by atoms with Gasteiger partial charge in [-0.3, -0.25) is 4.79 Å². The molecule has 0 aliphatic carbocycles. The molecule has 1 aromatic carbocycles. The fourth-order valence-corrected chi connectivity index (χ4v) is 2.00. The van der Waals surface area contributed by atoms with E-state index in [1.54, 1.807) is 0 Å². The van der Waals surface area contributed by atoms with Gasteiger partial charge in [0.25, 0.3) is 5.56 Å². The van der Waals surface area contributed by atoms with Gasteiger partial charge in [0.05, 0.1) is 0 Å². The highest BCUT2D eigenvalue weighted by Gasteiger charge is 2.04. The molecule has 17 heavy (non-hydrogen) atoms. The minimum absolute atomic E-state index is 0.00852. The van der Waals surface area contributed by atoms with E-state index in [0.29, 0.717) is 6.54 Å². The van der Waals surface area contributed by atoms with Crippen LogP contribution in [0.5, 0.6) is 0 Å². The number of hydrogen-bond donors (Lipinski definition) is 2. The van der Waals surface area contributed by atoms with Crippen molar-refractivity contribution >= 4 is 10.9 Å². The lowest BCUT2D eigenvalue weighted by Crippen LogP contribution is -2.14. The zero-order valence-electron chi connectivity index (χ0n) is 10.3. The van der Waals surface area contributed by atoms with Gasteiger partial charge in [0.2, 0.25) is 0 Å². The van der Waals surface area contributed by atoms with E-state index in [1.165, 1.54) is 11.1 Å². The number of rotatable bonds is 3. The monoisotopic (exact) mass is 230 g/mol. The van der Waals surface area contributed by atoms with Gasteiger partial charge in [-0.1, -0.05) is 0 Å². The second-order valence-electron chi connectivity index (χ2n) is 4.54. The molecule has 3 N–H and O–H groups in total. The van der Waals surface area contributed by atoms with E-state index >= 15 is 0 Å². The average Bonchev–Trinajstić information content (AvgIpc) is 2.29. The van der Waals surface area contributed by atoms with Crippen LogP contribution in [0.2, 0.25) is 0 Å². The molecule has 0 spiro atoms. The van der Waals surface area contributed by atoms with Crippen molar-refractivity contribution in [1.82, 2.24) is 4.98 Å². The number of aromatic amines is 1. The molecule has 0 aliphatic rings. The lowest BCUT2D eigenvalue weighted by atomic mass is 10.0. The molecule has 0 saturated carbocycles. The summed E-state index contributed by atoms with van der Waals surface area (Å²) in [6.45, 7) is 4.75. The van der Waals surface area contributed by atoms with Crippen LogP contribution < -0.4 is 11.3 Å². The fraction of sp³-hybridized carbons (Fsp3) is 0.357. The minimum atomic E-state index is 0.00852. The van der Waals surface area contributed by atoms with Crippen molar-refractivity contribution in [2.75, 3.05) is 6.54 Å². The highest BCUT2D eigenvalue weighted by molar-refractivity contribution is 5.80. The molecular formula is C14H18N2O. The summed E-state index contributed by atoms with van der Waals surface area (Å²) in [5.41, 5.74) is 9.66. The highest BCUT2D eigenvalue weighted by atomic mass is 16.1. The van der Waals surface area contributed by atoms with Crippen molar-refractivity contribution < 1.29 is 0 Å². The largest absolute Gasteiger partial charge is 0.330 e. The second-order valence-corrected chi connectivity index (χ2v) is 4.54. The smallest absolute Gasteiger partial charge is 0.251 e. The lowest BCUT2D eigenvalue weighted by Gasteiger charge is -2.06. The number of aromatic nitrogens is 1. The summed E-state index contributed by atoms with van der Waals surface area (Å²) in [6, 6.07) is 6.13. The maximum Gasteiger partial charge on any atom is 0.251 e. The predicted molar refractivity (Wildman–Crippen MR) is 71.4 cm³/mol. The third-order valence-electron chi connectivity index (χ3n) is 3.19. The van der Waals surface area contributed by atoms with E-state index in [2.05, 4.69) is 24.9 Å². The molecule has 0 bridgehead atoms. The number of pyridine rings is 1. The van der Waals surface area contributed by atoms with Gasteiger partial charge in [-0.05, 0) is 67.9 Å². The number of H-pyrrole nitrogens is 1. The van der Waals surface area contributed by atoms with Crippen LogP contribution in [-0.4, -0.2) is 11.5 Å². The van der Waals surface area contributed by atoms with Gasteiger partial charge in [0.1, 0.15) is 0 Å². The Morgan fingerprint density at radius 2 is 1.88 bits per heavy atom. The van der Waals surface area contributed by atoms with Crippen LogP contribution in [0, 0.1) is 13.8 Å². The summed E-state index contributed by atoms with van der Waals surface area (Å²) in [4.78, 5) is 14.8. The van der Waals surface area contributed by atoms with E-state index in [4.69, 9.17) is 5.73 Å². The number of fused-ring (bicyclic) bond motifs is 1. The van der Waals surface area contributed by atoms with Gasteiger partial charge in [0, 0.05) is 11.1 Å². The molecule has 1 aromatic heterocycles. The number of nitrogens with one attached hydrogen (secondary N) is 1. The number of hydrogen-bond acceptors (Lipinski definition) is 2. The molecule has 0 saturated heterocycles. The third-order valence-corrected chi connectivity index (χ3v) is 3.19. The van der Waals surface area contributed by atoms with E-state index in [0.717, 1.165) is 29.3 Å². The SMILES string of the molecule is Cc1cc2cc(CCCN)c(=O)[nH]c2cc1C. The Morgan fingerprint density at radius 3 is 2.59 bits per heavy atom. The van der Waals surface area contributed by atoms with Crippen molar-refractivity contribution in [3.8, 4) is 0 Å². The Morgan fingerprint density at radius 1 is 1.18 bits per heavy atom. The van der Waals surface area contributed by atoms with Crippen molar-refractivity contribution in [3.05, 3.63) is 45.2 Å². The Bertz CT molecular complexity index is 599. The van der Waals surface area contributed by atoms with E-state index in [9.17, 15) is 4.79 Å². The summed E-state index contributed by atoms with van der Waals surface area (Å²) in [5.74, 6) is 0. The molecule has 0 amide bonds. The topological polar surface area (TPSA) is 58.9 Å². The first kappa shape index (κ1) is 11.9. The zero-order chi connectivity index (χ0) is 12.4. The van der Waals surface area contributed by atoms with Gasteiger partial charge in [-0.15, -0.1) is 0 Å². The molecule has 3 nitrogen and oxygen atoms in total. The first-order chi connectivity index (χ1) is 8.11. The Kier molecular flexibility index (Phi) is 3.29. The normalized spacial score (nSPS) is 11.0. The minimum Gasteiger partial charge on any atom is -0.330 e. The van der Waals surface area contributed by atoms with Crippen LogP contribution in [0.25, 0.3) is 10.9 Å². The standard InChI is InChI=1S/C14H18N2O/c1-9-6-12-8-11(4-3-5-15)14(17)16-13(12)7-10(9)2/h6-8H,3-5,15H2,1-2H3,(H,16,17). The predicted octanol–water partition coefficient (Wildman–Crippen LogP) is 2.04. The molecule has 2 aromatic rings. The molecule has 0 atom stereocenters. The molecule has 0 unspecified atom stereocenters. The van der Waals surface area contributed by atoms with Gasteiger partial charge in [0.15, 0.2) is 0 Å². The summed E-state index contributed by atoms with van der Waals surface area (Å²) in [6.07, 6.45) is 1.59. The van der Waals surface area contributed by atoms with Crippen LogP contribution in [0.4, 0.5) is 0 Å². The van der Waals surface area contributed by atoms with Gasteiger partial charge in [-0.2, -0.15) is 0 Å². The van der Waals surface area contributed by atoms with Gasteiger partial charge in [-0.25, -0.2) is 0 Å². The average molecular weight is 230 g/mol. The van der Waals surface area contributed by atoms with E-state index in [1.807, 2.05) is 12.1 Å². The summed E-state index contributed by atoms with van der Waals surface area (Å²) in [5, 5.41) is 1.10. The van der Waals surface area contributed by atoms with Crippen molar-refractivity contribution in [2.45, 2.75) is 26.7 Å². The quantitative estimate of drug-likeness (QED) is 0.847. The van der Waals surface area contributed by atoms with Gasteiger partial charge < -0.3 is 10.7 Å². The van der Waals surface area contributed by atoms with Crippen molar-refractivity contribution in [3.63, 3.8) is 0 Å². The maximum absolute atomic E-state index is 11.8. The summed E-state index contributed by atoms with van der Waals surface area (Å²) in [7, 11) is 0. The number of aryl methyl sites for hydroxylation is 3. The van der Waals surface area contributed by atoms with Crippen LogP contribution in [0.3, 0.4) is 0 Å².